The number of hydrogen-bond donors (Lipinski definition) is 0. The highest BCUT2D eigenvalue weighted by Crippen LogP contribution is 2.16. The number of rotatable bonds is 0. The van der Waals surface area contributed by atoms with Crippen LogP contribution >= 0.6 is 0 Å². The standard InChI is InChI=1S/C4H2F3N3O/c5-4(6,7)3(11)10-2-8-1-9-10/h1-2H. The van der Waals surface area contributed by atoms with Crippen LogP contribution in [0.4, 0.5) is 13.2 Å². The van der Waals surface area contributed by atoms with Crippen molar-refractivity contribution in [2.24, 2.45) is 0 Å². The Morgan fingerprint density at radius 2 is 2.09 bits per heavy atom. The largest absolute Gasteiger partial charge is 0.473 e. The molecule has 0 aliphatic rings. The molecule has 0 spiro atoms. The van der Waals surface area contributed by atoms with Crippen molar-refractivity contribution < 1.29 is 18.0 Å². The Hall–Kier alpha value is -1.40. The molecule has 0 N–H and O–H groups in total. The number of aromatic nitrogens is 3. The lowest BCUT2D eigenvalue weighted by atomic mass is 10.6. The van der Waals surface area contributed by atoms with Gasteiger partial charge in [0.25, 0.3) is 0 Å². The van der Waals surface area contributed by atoms with Crippen molar-refractivity contribution in [3.63, 3.8) is 0 Å². The normalized spacial score (nSPS) is 11.5. The van der Waals surface area contributed by atoms with Crippen molar-refractivity contribution in [3.8, 4) is 0 Å². The van der Waals surface area contributed by atoms with Crippen molar-refractivity contribution in [1.29, 1.82) is 0 Å². The molecule has 0 aliphatic carbocycles. The van der Waals surface area contributed by atoms with E-state index in [2.05, 4.69) is 10.1 Å². The molecule has 4 nitrogen and oxygen atoms in total. The maximum atomic E-state index is 11.6. The fraction of sp³-hybridized carbons (Fsp3) is 0.250. The summed E-state index contributed by atoms with van der Waals surface area (Å²) < 4.78 is 34.8. The second kappa shape index (κ2) is 2.33. The summed E-state index contributed by atoms with van der Waals surface area (Å²) in [7, 11) is 0. The lowest BCUT2D eigenvalue weighted by Crippen LogP contribution is -2.29. The van der Waals surface area contributed by atoms with E-state index < -0.39 is 12.1 Å². The van der Waals surface area contributed by atoms with Gasteiger partial charge in [0, 0.05) is 0 Å². The molecule has 0 radical (unpaired) electrons. The van der Waals surface area contributed by atoms with Crippen molar-refractivity contribution in [1.82, 2.24) is 14.8 Å². The first-order valence-corrected chi connectivity index (χ1v) is 2.48. The van der Waals surface area contributed by atoms with Gasteiger partial charge in [-0.05, 0) is 0 Å². The van der Waals surface area contributed by atoms with Crippen LogP contribution in [0.3, 0.4) is 0 Å². The summed E-state index contributed by atoms with van der Waals surface area (Å²) in [6.07, 6.45) is -3.35. The third-order valence-corrected chi connectivity index (χ3v) is 0.869. The molecule has 0 amide bonds. The Balaban J connectivity index is 2.88. The summed E-state index contributed by atoms with van der Waals surface area (Å²) in [5, 5.41) is 3.02. The van der Waals surface area contributed by atoms with E-state index in [9.17, 15) is 18.0 Å². The van der Waals surface area contributed by atoms with E-state index in [1.807, 2.05) is 0 Å². The van der Waals surface area contributed by atoms with Crippen LogP contribution in [0.1, 0.15) is 4.79 Å². The van der Waals surface area contributed by atoms with Gasteiger partial charge in [-0.1, -0.05) is 0 Å². The van der Waals surface area contributed by atoms with Gasteiger partial charge in [-0.3, -0.25) is 4.79 Å². The molecule has 11 heavy (non-hydrogen) atoms. The molecule has 1 aromatic heterocycles. The van der Waals surface area contributed by atoms with Crippen molar-refractivity contribution in [2.45, 2.75) is 6.18 Å². The number of hydrogen-bond acceptors (Lipinski definition) is 3. The molecule has 1 aromatic rings. The van der Waals surface area contributed by atoms with Crippen molar-refractivity contribution in [3.05, 3.63) is 12.7 Å². The van der Waals surface area contributed by atoms with E-state index in [0.717, 1.165) is 6.33 Å². The monoisotopic (exact) mass is 165 g/mol. The minimum Gasteiger partial charge on any atom is -0.262 e. The lowest BCUT2D eigenvalue weighted by Gasteiger charge is -2.01. The smallest absolute Gasteiger partial charge is 0.262 e. The molecule has 0 fully saturated rings. The van der Waals surface area contributed by atoms with Crippen LogP contribution in [0.25, 0.3) is 0 Å². The predicted molar refractivity (Wildman–Crippen MR) is 26.7 cm³/mol. The van der Waals surface area contributed by atoms with E-state index >= 15 is 0 Å². The summed E-state index contributed by atoms with van der Waals surface area (Å²) in [6.45, 7) is 0. The highest BCUT2D eigenvalue weighted by Gasteiger charge is 2.40. The molecule has 0 bridgehead atoms. The maximum Gasteiger partial charge on any atom is 0.473 e. The maximum absolute atomic E-state index is 11.6. The van der Waals surface area contributed by atoms with Gasteiger partial charge in [-0.25, -0.2) is 4.98 Å². The topological polar surface area (TPSA) is 47.8 Å². The van der Waals surface area contributed by atoms with Gasteiger partial charge in [0.2, 0.25) is 0 Å². The van der Waals surface area contributed by atoms with Gasteiger partial charge in [0.05, 0.1) is 0 Å². The molecule has 1 rings (SSSR count). The number of alkyl halides is 3. The van der Waals surface area contributed by atoms with E-state index in [4.69, 9.17) is 0 Å². The summed E-state index contributed by atoms with van der Waals surface area (Å²) in [5.41, 5.74) is 0. The van der Waals surface area contributed by atoms with Gasteiger partial charge in [0.15, 0.2) is 0 Å². The highest BCUT2D eigenvalue weighted by atomic mass is 19.4. The van der Waals surface area contributed by atoms with Crippen LogP contribution in [0.15, 0.2) is 12.7 Å². The second-order valence-electron chi connectivity index (χ2n) is 1.64. The first-order valence-electron chi connectivity index (χ1n) is 2.48. The van der Waals surface area contributed by atoms with E-state index in [1.54, 1.807) is 0 Å². The van der Waals surface area contributed by atoms with Crippen LogP contribution in [0.2, 0.25) is 0 Å². The summed E-state index contributed by atoms with van der Waals surface area (Å²) >= 11 is 0. The summed E-state index contributed by atoms with van der Waals surface area (Å²) in [5.74, 6) is -2.05. The zero-order valence-corrected chi connectivity index (χ0v) is 5.04. The molecule has 60 valence electrons. The predicted octanol–water partition coefficient (Wildman–Crippen LogP) is 0.481. The highest BCUT2D eigenvalue weighted by molar-refractivity contribution is 5.83. The third-order valence-electron chi connectivity index (χ3n) is 0.869. The Morgan fingerprint density at radius 1 is 1.45 bits per heavy atom. The first kappa shape index (κ1) is 7.70. The van der Waals surface area contributed by atoms with Gasteiger partial charge in [-0.2, -0.15) is 23.0 Å². The lowest BCUT2D eigenvalue weighted by molar-refractivity contribution is -0.0955. The van der Waals surface area contributed by atoms with E-state index in [1.165, 1.54) is 0 Å². The minimum absolute atomic E-state index is 0.125. The van der Waals surface area contributed by atoms with Gasteiger partial charge in [0.1, 0.15) is 12.7 Å². The van der Waals surface area contributed by atoms with Gasteiger partial charge >= 0.3 is 12.1 Å². The SMILES string of the molecule is O=C(n1cncn1)C(F)(F)F. The van der Waals surface area contributed by atoms with Gasteiger partial charge in [-0.15, -0.1) is 0 Å². The Bertz CT molecular complexity index is 252. The summed E-state index contributed by atoms with van der Waals surface area (Å²) in [4.78, 5) is 13.5. The zero-order chi connectivity index (χ0) is 8.48. The Morgan fingerprint density at radius 3 is 2.45 bits per heavy atom. The average Bonchev–Trinajstić information content (AvgIpc) is 2.34. The molecule has 0 unspecified atom stereocenters. The third kappa shape index (κ3) is 1.54. The van der Waals surface area contributed by atoms with Crippen LogP contribution in [-0.4, -0.2) is 26.8 Å². The number of halogens is 3. The average molecular weight is 165 g/mol. The Kier molecular flexibility index (Phi) is 1.63. The molecule has 0 saturated heterocycles. The number of carbonyl (C=O) groups is 1. The summed E-state index contributed by atoms with van der Waals surface area (Å²) in [6, 6.07) is 0. The van der Waals surface area contributed by atoms with Crippen LogP contribution < -0.4 is 0 Å². The zero-order valence-electron chi connectivity index (χ0n) is 5.04. The van der Waals surface area contributed by atoms with Crippen molar-refractivity contribution in [2.75, 3.05) is 0 Å². The van der Waals surface area contributed by atoms with Crippen LogP contribution in [-0.2, 0) is 0 Å². The molecular weight excluding hydrogens is 163 g/mol. The number of carbonyl (C=O) groups excluding carboxylic acids is 1. The molecule has 1 heterocycles. The molecule has 0 aliphatic heterocycles. The molecule has 0 atom stereocenters. The minimum atomic E-state index is -4.90. The second-order valence-corrected chi connectivity index (χ2v) is 1.64. The van der Waals surface area contributed by atoms with Crippen LogP contribution in [0, 0.1) is 0 Å². The fourth-order valence-corrected chi connectivity index (χ4v) is 0.443. The van der Waals surface area contributed by atoms with E-state index in [-0.39, 0.29) is 4.68 Å². The first-order chi connectivity index (χ1) is 5.02. The molecule has 0 saturated carbocycles. The van der Waals surface area contributed by atoms with Crippen LogP contribution in [0.5, 0.6) is 0 Å². The number of nitrogens with zero attached hydrogens (tertiary/aromatic N) is 3. The molecule has 0 aromatic carbocycles. The molecule has 7 heteroatoms. The fourth-order valence-electron chi connectivity index (χ4n) is 0.443. The van der Waals surface area contributed by atoms with Gasteiger partial charge < -0.3 is 0 Å². The molecular formula is C4H2F3N3O. The Labute approximate surface area is 58.6 Å². The quantitative estimate of drug-likeness (QED) is 0.561. The van der Waals surface area contributed by atoms with E-state index in [0.29, 0.717) is 6.33 Å². The van der Waals surface area contributed by atoms with Crippen molar-refractivity contribution >= 4 is 5.91 Å².